The predicted octanol–water partition coefficient (Wildman–Crippen LogP) is 3.20. The van der Waals surface area contributed by atoms with Gasteiger partial charge in [-0.05, 0) is 50.6 Å². The first kappa shape index (κ1) is 19.2. The molecular weight excluding hydrogens is 330 g/mol. The van der Waals surface area contributed by atoms with E-state index >= 15 is 0 Å². The zero-order chi connectivity index (χ0) is 18.2. The van der Waals surface area contributed by atoms with Gasteiger partial charge in [0, 0.05) is 49.1 Å². The summed E-state index contributed by atoms with van der Waals surface area (Å²) in [6, 6.07) is 8.80. The van der Waals surface area contributed by atoms with Crippen molar-refractivity contribution in [1.29, 1.82) is 0 Å². The lowest BCUT2D eigenvalue weighted by Crippen LogP contribution is -2.43. The molecule has 2 N–H and O–H groups in total. The van der Waals surface area contributed by atoms with Crippen molar-refractivity contribution in [1.82, 2.24) is 15.6 Å². The van der Waals surface area contributed by atoms with Crippen molar-refractivity contribution in [2.75, 3.05) is 25.5 Å². The molecule has 5 nitrogen and oxygen atoms in total. The smallest absolute Gasteiger partial charge is 0.191 e. The van der Waals surface area contributed by atoms with Crippen LogP contribution >= 0.6 is 11.3 Å². The maximum Gasteiger partial charge on any atom is 0.191 e. The zero-order valence-electron chi connectivity index (χ0n) is 15.8. The second-order valence-electron chi connectivity index (χ2n) is 6.37. The van der Waals surface area contributed by atoms with Crippen LogP contribution in [-0.2, 0) is 13.0 Å². The van der Waals surface area contributed by atoms with Gasteiger partial charge in [-0.15, -0.1) is 11.3 Å². The Morgan fingerprint density at radius 3 is 2.76 bits per heavy atom. The fourth-order valence-electron chi connectivity index (χ4n) is 2.47. The molecule has 2 heterocycles. The highest BCUT2D eigenvalue weighted by Crippen LogP contribution is 2.16. The van der Waals surface area contributed by atoms with Gasteiger partial charge < -0.3 is 15.5 Å². The molecule has 0 aliphatic rings. The highest BCUT2D eigenvalue weighted by atomic mass is 32.1. The molecule has 0 saturated heterocycles. The van der Waals surface area contributed by atoms with E-state index in [0.717, 1.165) is 30.3 Å². The second-order valence-corrected chi connectivity index (χ2v) is 7.75. The van der Waals surface area contributed by atoms with Crippen LogP contribution in [0.2, 0.25) is 0 Å². The van der Waals surface area contributed by atoms with Crippen molar-refractivity contribution < 1.29 is 0 Å². The third-order valence-electron chi connectivity index (χ3n) is 3.72. The van der Waals surface area contributed by atoms with Crippen LogP contribution in [0.1, 0.15) is 29.2 Å². The number of anilines is 1. The molecular formula is C19H29N5S. The number of hydrogen-bond acceptors (Lipinski definition) is 4. The molecule has 1 unspecified atom stereocenters. The number of nitrogens with zero attached hydrogens (tertiary/aromatic N) is 3. The maximum atomic E-state index is 4.72. The topological polar surface area (TPSA) is 52.6 Å². The molecule has 0 fully saturated rings. The van der Waals surface area contributed by atoms with Crippen molar-refractivity contribution in [3.63, 3.8) is 0 Å². The van der Waals surface area contributed by atoms with E-state index in [0.29, 0.717) is 12.6 Å². The van der Waals surface area contributed by atoms with Gasteiger partial charge in [0.25, 0.3) is 0 Å². The summed E-state index contributed by atoms with van der Waals surface area (Å²) in [5, 5.41) is 6.83. The van der Waals surface area contributed by atoms with E-state index in [9.17, 15) is 0 Å². The van der Waals surface area contributed by atoms with Crippen molar-refractivity contribution in [2.45, 2.75) is 39.8 Å². The van der Waals surface area contributed by atoms with Crippen molar-refractivity contribution in [3.05, 3.63) is 45.8 Å². The van der Waals surface area contributed by atoms with Crippen LogP contribution in [0, 0.1) is 6.92 Å². The molecule has 0 radical (unpaired) electrons. The minimum Gasteiger partial charge on any atom is -0.363 e. The molecule has 0 aliphatic heterocycles. The van der Waals surface area contributed by atoms with Gasteiger partial charge in [-0.2, -0.15) is 0 Å². The molecule has 0 aromatic carbocycles. The van der Waals surface area contributed by atoms with E-state index in [1.165, 1.54) is 9.75 Å². The van der Waals surface area contributed by atoms with Gasteiger partial charge >= 0.3 is 0 Å². The Hall–Kier alpha value is -2.08. The fraction of sp³-hybridized carbons (Fsp3) is 0.474. The van der Waals surface area contributed by atoms with Crippen molar-refractivity contribution in [3.8, 4) is 0 Å². The molecule has 0 spiro atoms. The fourth-order valence-corrected chi connectivity index (χ4v) is 3.49. The lowest BCUT2D eigenvalue weighted by Gasteiger charge is -2.17. The van der Waals surface area contributed by atoms with Crippen LogP contribution in [0.5, 0.6) is 0 Å². The van der Waals surface area contributed by atoms with Gasteiger partial charge in [0.2, 0.25) is 0 Å². The number of nitrogens with one attached hydrogen (secondary N) is 2. The summed E-state index contributed by atoms with van der Waals surface area (Å²) < 4.78 is 0. The Labute approximate surface area is 155 Å². The number of aromatic nitrogens is 1. The SMILES string of the molecule is CCNC(=NCc1ccnc(N(C)C)c1)NC(C)Cc1ccc(C)s1. The largest absolute Gasteiger partial charge is 0.363 e. The quantitative estimate of drug-likeness (QED) is 0.589. The molecule has 6 heteroatoms. The number of aryl methyl sites for hydroxylation is 1. The Morgan fingerprint density at radius 1 is 1.32 bits per heavy atom. The van der Waals surface area contributed by atoms with Gasteiger partial charge in [-0.1, -0.05) is 0 Å². The van der Waals surface area contributed by atoms with Crippen molar-refractivity contribution >= 4 is 23.1 Å². The number of guanidine groups is 1. The summed E-state index contributed by atoms with van der Waals surface area (Å²) in [5.41, 5.74) is 1.15. The number of rotatable bonds is 7. The van der Waals surface area contributed by atoms with Gasteiger partial charge in [-0.25, -0.2) is 9.98 Å². The van der Waals surface area contributed by atoms with Gasteiger partial charge in [0.15, 0.2) is 5.96 Å². The van der Waals surface area contributed by atoms with Crippen LogP contribution in [0.4, 0.5) is 5.82 Å². The van der Waals surface area contributed by atoms with E-state index in [1.54, 1.807) is 0 Å². The first-order valence-corrected chi connectivity index (χ1v) is 9.52. The standard InChI is InChI=1S/C19H29N5S/c1-6-20-19(23-14(2)11-17-8-7-15(3)25-17)22-13-16-9-10-21-18(12-16)24(4)5/h7-10,12,14H,6,11,13H2,1-5H3,(H2,20,22,23). The first-order chi connectivity index (χ1) is 12.0. The number of hydrogen-bond donors (Lipinski definition) is 2. The molecule has 2 rings (SSSR count). The Kier molecular flexibility index (Phi) is 7.25. The average molecular weight is 360 g/mol. The number of pyridine rings is 1. The van der Waals surface area contributed by atoms with Crippen LogP contribution in [-0.4, -0.2) is 37.6 Å². The summed E-state index contributed by atoms with van der Waals surface area (Å²) in [6.45, 7) is 7.90. The van der Waals surface area contributed by atoms with E-state index in [4.69, 9.17) is 4.99 Å². The third-order valence-corrected chi connectivity index (χ3v) is 4.74. The Bertz CT molecular complexity index is 693. The highest BCUT2D eigenvalue weighted by Gasteiger charge is 2.08. The molecule has 0 saturated carbocycles. The average Bonchev–Trinajstić information content (AvgIpc) is 2.98. The third kappa shape index (κ3) is 6.38. The van der Waals surface area contributed by atoms with Crippen LogP contribution in [0.25, 0.3) is 0 Å². The normalized spacial score (nSPS) is 12.8. The Morgan fingerprint density at radius 2 is 2.12 bits per heavy atom. The van der Waals surface area contributed by atoms with E-state index in [1.807, 2.05) is 42.6 Å². The molecule has 1 atom stereocenters. The van der Waals surface area contributed by atoms with Gasteiger partial charge in [0.1, 0.15) is 5.82 Å². The predicted molar refractivity (Wildman–Crippen MR) is 109 cm³/mol. The van der Waals surface area contributed by atoms with Gasteiger partial charge in [-0.3, -0.25) is 0 Å². The van der Waals surface area contributed by atoms with Crippen LogP contribution in [0.15, 0.2) is 35.5 Å². The van der Waals surface area contributed by atoms with E-state index < -0.39 is 0 Å². The van der Waals surface area contributed by atoms with Crippen LogP contribution < -0.4 is 15.5 Å². The number of thiophene rings is 1. The zero-order valence-corrected chi connectivity index (χ0v) is 16.7. The molecule has 136 valence electrons. The minimum absolute atomic E-state index is 0.325. The molecule has 0 aliphatic carbocycles. The molecule has 2 aromatic rings. The van der Waals surface area contributed by atoms with E-state index in [-0.39, 0.29) is 0 Å². The summed E-state index contributed by atoms with van der Waals surface area (Å²) in [4.78, 5) is 13.8. The minimum atomic E-state index is 0.325. The van der Waals surface area contributed by atoms with Gasteiger partial charge in [0.05, 0.1) is 6.54 Å². The Balaban J connectivity index is 1.98. The summed E-state index contributed by atoms with van der Waals surface area (Å²) in [5.74, 6) is 1.80. The second kappa shape index (κ2) is 9.42. The number of aliphatic imine (C=N–C) groups is 1. The molecule has 2 aromatic heterocycles. The maximum absolute atomic E-state index is 4.72. The summed E-state index contributed by atoms with van der Waals surface area (Å²) in [7, 11) is 3.99. The molecule has 0 amide bonds. The summed E-state index contributed by atoms with van der Waals surface area (Å²) in [6.07, 6.45) is 2.84. The lowest BCUT2D eigenvalue weighted by molar-refractivity contribution is 0.645. The summed E-state index contributed by atoms with van der Waals surface area (Å²) >= 11 is 1.86. The van der Waals surface area contributed by atoms with Crippen molar-refractivity contribution in [2.24, 2.45) is 4.99 Å². The molecule has 25 heavy (non-hydrogen) atoms. The van der Waals surface area contributed by atoms with Crippen LogP contribution in [0.3, 0.4) is 0 Å². The monoisotopic (exact) mass is 359 g/mol. The van der Waals surface area contributed by atoms with E-state index in [2.05, 4.69) is 54.6 Å². The first-order valence-electron chi connectivity index (χ1n) is 8.70. The highest BCUT2D eigenvalue weighted by molar-refractivity contribution is 7.11. The lowest BCUT2D eigenvalue weighted by atomic mass is 10.2. The molecule has 0 bridgehead atoms.